The summed E-state index contributed by atoms with van der Waals surface area (Å²) >= 11 is 0. The van der Waals surface area contributed by atoms with E-state index in [-0.39, 0.29) is 19.1 Å². The molecule has 0 aromatic heterocycles. The quantitative estimate of drug-likeness (QED) is 0.728. The zero-order chi connectivity index (χ0) is 21.0. The molecule has 0 radical (unpaired) electrons. The summed E-state index contributed by atoms with van der Waals surface area (Å²) in [5.74, 6) is -0.0576. The van der Waals surface area contributed by atoms with Crippen LogP contribution in [-0.2, 0) is 22.6 Å². The minimum atomic E-state index is -0.565. The lowest BCUT2D eigenvalue weighted by Crippen LogP contribution is -2.42. The Balaban J connectivity index is 1.32. The zero-order valence-corrected chi connectivity index (χ0v) is 17.5. The summed E-state index contributed by atoms with van der Waals surface area (Å²) in [5, 5.41) is 2.57. The smallest absolute Gasteiger partial charge is 0.407 e. The Morgan fingerprint density at radius 3 is 2.30 bits per heavy atom. The summed E-state index contributed by atoms with van der Waals surface area (Å²) in [6, 6.07) is 20.0. The molecule has 0 atom stereocenters. The average Bonchev–Trinajstić information content (AvgIpc) is 3.03. The van der Waals surface area contributed by atoms with Gasteiger partial charge in [0.15, 0.2) is 0 Å². The molecular weight excluding hydrogens is 378 g/mol. The van der Waals surface area contributed by atoms with Gasteiger partial charge in [0, 0.05) is 19.6 Å². The van der Waals surface area contributed by atoms with Gasteiger partial charge in [0.1, 0.15) is 13.2 Å². The number of hydrogen-bond acceptors (Lipinski definition) is 4. The van der Waals surface area contributed by atoms with Crippen molar-refractivity contribution in [1.29, 1.82) is 0 Å². The minimum Gasteiger partial charge on any atom is -0.445 e. The van der Waals surface area contributed by atoms with E-state index in [1.54, 1.807) is 0 Å². The number of carbonyl (C=O) groups is 2. The van der Waals surface area contributed by atoms with Crippen LogP contribution in [0.25, 0.3) is 0 Å². The van der Waals surface area contributed by atoms with Crippen LogP contribution in [-0.4, -0.2) is 61.1 Å². The molecule has 2 aromatic rings. The number of amides is 2. The van der Waals surface area contributed by atoms with Gasteiger partial charge in [-0.2, -0.15) is 0 Å². The highest BCUT2D eigenvalue weighted by Gasteiger charge is 2.19. The van der Waals surface area contributed by atoms with Crippen molar-refractivity contribution < 1.29 is 14.3 Å². The van der Waals surface area contributed by atoms with Crippen molar-refractivity contribution in [2.45, 2.75) is 25.9 Å². The molecule has 30 heavy (non-hydrogen) atoms. The van der Waals surface area contributed by atoms with Gasteiger partial charge < -0.3 is 19.9 Å². The standard InChI is InChI=1S/C24H31N3O3/c28-23(19-25-24(29)30-20-22-11-5-2-6-12-22)27-16-8-15-26(17-18-27)14-7-13-21-9-3-1-4-10-21/h1-6,9-12H,7-8,13-20H2,(H,25,29). The number of nitrogens with one attached hydrogen (secondary N) is 1. The number of benzene rings is 2. The van der Waals surface area contributed by atoms with Gasteiger partial charge in [-0.25, -0.2) is 4.79 Å². The maximum absolute atomic E-state index is 12.5. The van der Waals surface area contributed by atoms with E-state index in [4.69, 9.17) is 4.74 Å². The fourth-order valence-electron chi connectivity index (χ4n) is 3.63. The summed E-state index contributed by atoms with van der Waals surface area (Å²) in [5.41, 5.74) is 2.29. The van der Waals surface area contributed by atoms with Gasteiger partial charge in [-0.05, 0) is 43.5 Å². The second kappa shape index (κ2) is 12.0. The first-order valence-corrected chi connectivity index (χ1v) is 10.7. The van der Waals surface area contributed by atoms with Crippen molar-refractivity contribution in [2.24, 2.45) is 0 Å². The maximum atomic E-state index is 12.5. The van der Waals surface area contributed by atoms with E-state index in [1.165, 1.54) is 5.56 Å². The summed E-state index contributed by atoms with van der Waals surface area (Å²) in [7, 11) is 0. The molecule has 2 amide bonds. The van der Waals surface area contributed by atoms with Crippen LogP contribution in [0.2, 0.25) is 0 Å². The van der Waals surface area contributed by atoms with Crippen molar-refractivity contribution in [2.75, 3.05) is 39.3 Å². The van der Waals surface area contributed by atoms with Crippen LogP contribution in [0, 0.1) is 0 Å². The van der Waals surface area contributed by atoms with Gasteiger partial charge in [-0.1, -0.05) is 60.7 Å². The highest BCUT2D eigenvalue weighted by Crippen LogP contribution is 2.07. The number of ether oxygens (including phenoxy) is 1. The van der Waals surface area contributed by atoms with Crippen LogP contribution in [0.1, 0.15) is 24.0 Å². The first-order valence-electron chi connectivity index (χ1n) is 10.7. The lowest BCUT2D eigenvalue weighted by Gasteiger charge is -2.22. The number of nitrogens with zero attached hydrogens (tertiary/aromatic N) is 2. The van der Waals surface area contributed by atoms with Gasteiger partial charge in [0.25, 0.3) is 0 Å². The molecule has 1 fully saturated rings. The first kappa shape index (κ1) is 21.8. The Hall–Kier alpha value is -2.86. The SMILES string of the molecule is O=C(NCC(=O)N1CCCN(CCCc2ccccc2)CC1)OCc1ccccc1. The van der Waals surface area contributed by atoms with E-state index < -0.39 is 6.09 Å². The Labute approximate surface area is 178 Å². The predicted molar refractivity (Wildman–Crippen MR) is 117 cm³/mol. The Bertz CT molecular complexity index is 783. The van der Waals surface area contributed by atoms with Gasteiger partial charge >= 0.3 is 6.09 Å². The molecule has 1 heterocycles. The minimum absolute atomic E-state index is 0.0262. The molecule has 3 rings (SSSR count). The molecular formula is C24H31N3O3. The van der Waals surface area contributed by atoms with Crippen LogP contribution in [0.15, 0.2) is 60.7 Å². The lowest BCUT2D eigenvalue weighted by atomic mass is 10.1. The van der Waals surface area contributed by atoms with E-state index in [2.05, 4.69) is 34.5 Å². The van der Waals surface area contributed by atoms with Gasteiger partial charge in [0.2, 0.25) is 5.91 Å². The third-order valence-electron chi connectivity index (χ3n) is 5.32. The molecule has 6 nitrogen and oxygen atoms in total. The summed E-state index contributed by atoms with van der Waals surface area (Å²) in [4.78, 5) is 28.6. The average molecular weight is 410 g/mol. The van der Waals surface area contributed by atoms with E-state index in [1.807, 2.05) is 41.3 Å². The molecule has 0 bridgehead atoms. The molecule has 0 unspecified atom stereocenters. The van der Waals surface area contributed by atoms with Gasteiger partial charge in [-0.3, -0.25) is 4.79 Å². The first-order chi connectivity index (χ1) is 14.7. The number of aryl methyl sites for hydroxylation is 1. The molecule has 1 aliphatic rings. The summed E-state index contributed by atoms with van der Waals surface area (Å²) in [6.07, 6.45) is 2.58. The van der Waals surface area contributed by atoms with Crippen molar-refractivity contribution in [3.05, 3.63) is 71.8 Å². The van der Waals surface area contributed by atoms with Crippen molar-refractivity contribution >= 4 is 12.0 Å². The van der Waals surface area contributed by atoms with Crippen molar-refractivity contribution in [3.8, 4) is 0 Å². The van der Waals surface area contributed by atoms with E-state index in [0.717, 1.165) is 51.0 Å². The third kappa shape index (κ3) is 7.52. The monoisotopic (exact) mass is 409 g/mol. The predicted octanol–water partition coefficient (Wildman–Crippen LogP) is 3.08. The second-order valence-electron chi connectivity index (χ2n) is 7.58. The van der Waals surface area contributed by atoms with E-state index in [0.29, 0.717) is 6.54 Å². The molecule has 1 N–H and O–H groups in total. The largest absolute Gasteiger partial charge is 0.445 e. The molecule has 6 heteroatoms. The summed E-state index contributed by atoms with van der Waals surface area (Å²) in [6.45, 7) is 4.52. The fourth-order valence-corrected chi connectivity index (χ4v) is 3.63. The molecule has 1 aliphatic heterocycles. The number of carbonyl (C=O) groups excluding carboxylic acids is 2. The van der Waals surface area contributed by atoms with Crippen LogP contribution in [0.5, 0.6) is 0 Å². The topological polar surface area (TPSA) is 61.9 Å². The highest BCUT2D eigenvalue weighted by atomic mass is 16.5. The number of hydrogen-bond donors (Lipinski definition) is 1. The Kier molecular flexibility index (Phi) is 8.72. The van der Waals surface area contributed by atoms with Gasteiger partial charge in [-0.15, -0.1) is 0 Å². The molecule has 0 aliphatic carbocycles. The maximum Gasteiger partial charge on any atom is 0.407 e. The lowest BCUT2D eigenvalue weighted by molar-refractivity contribution is -0.130. The Morgan fingerprint density at radius 2 is 1.57 bits per heavy atom. The van der Waals surface area contributed by atoms with Crippen LogP contribution >= 0.6 is 0 Å². The van der Waals surface area contributed by atoms with Crippen LogP contribution in [0.4, 0.5) is 4.79 Å². The summed E-state index contributed by atoms with van der Waals surface area (Å²) < 4.78 is 5.16. The van der Waals surface area contributed by atoms with Crippen LogP contribution in [0.3, 0.4) is 0 Å². The second-order valence-corrected chi connectivity index (χ2v) is 7.58. The van der Waals surface area contributed by atoms with Crippen molar-refractivity contribution in [1.82, 2.24) is 15.1 Å². The zero-order valence-electron chi connectivity index (χ0n) is 17.5. The Morgan fingerprint density at radius 1 is 0.867 bits per heavy atom. The van der Waals surface area contributed by atoms with Gasteiger partial charge in [0.05, 0.1) is 0 Å². The van der Waals surface area contributed by atoms with Crippen molar-refractivity contribution in [3.63, 3.8) is 0 Å². The van der Waals surface area contributed by atoms with E-state index in [9.17, 15) is 9.59 Å². The fraction of sp³-hybridized carbons (Fsp3) is 0.417. The third-order valence-corrected chi connectivity index (χ3v) is 5.32. The highest BCUT2D eigenvalue weighted by molar-refractivity contribution is 5.82. The molecule has 0 spiro atoms. The number of alkyl carbamates (subject to hydrolysis) is 1. The molecule has 2 aromatic carbocycles. The molecule has 160 valence electrons. The normalized spacial score (nSPS) is 14.7. The number of rotatable bonds is 8. The molecule has 1 saturated heterocycles. The van der Waals surface area contributed by atoms with Crippen LogP contribution < -0.4 is 5.32 Å². The van der Waals surface area contributed by atoms with E-state index >= 15 is 0 Å². The molecule has 0 saturated carbocycles.